The number of quaternary nitrogens is 1. The van der Waals surface area contributed by atoms with Gasteiger partial charge in [0.05, 0.1) is 19.8 Å². The molecule has 0 aliphatic carbocycles. The zero-order valence-corrected chi connectivity index (χ0v) is 17.6. The van der Waals surface area contributed by atoms with Crippen LogP contribution in [0, 0.1) is 5.92 Å². The van der Waals surface area contributed by atoms with E-state index >= 15 is 0 Å². The van der Waals surface area contributed by atoms with E-state index in [9.17, 15) is 14.4 Å². The number of morpholine rings is 1. The lowest BCUT2D eigenvalue weighted by Crippen LogP contribution is -3.14. The SMILES string of the molecule is O=C(CCC(=O)N1C[C@H]2C[C@H](C1)c1cccc(=O)n1C2)NCCC[NH+]1CCOCC1. The Bertz CT molecular complexity index is 818. The Morgan fingerprint density at radius 3 is 2.80 bits per heavy atom. The molecule has 3 aliphatic heterocycles. The molecule has 1 aromatic heterocycles. The van der Waals surface area contributed by atoms with E-state index in [1.807, 2.05) is 15.5 Å². The zero-order valence-electron chi connectivity index (χ0n) is 17.6. The fourth-order valence-electron chi connectivity index (χ4n) is 5.04. The number of ether oxygens (including phenoxy) is 1. The number of hydrogen-bond donors (Lipinski definition) is 2. The number of amides is 2. The fourth-order valence-corrected chi connectivity index (χ4v) is 5.04. The minimum absolute atomic E-state index is 0.0457. The predicted octanol–water partition coefficient (Wildman–Crippen LogP) is -1.00. The zero-order chi connectivity index (χ0) is 20.9. The number of pyridine rings is 1. The third-order valence-corrected chi connectivity index (χ3v) is 6.63. The molecule has 2 atom stereocenters. The second-order valence-electron chi connectivity index (χ2n) is 8.81. The van der Waals surface area contributed by atoms with Gasteiger partial charge in [0.15, 0.2) is 0 Å². The molecule has 2 amide bonds. The van der Waals surface area contributed by atoms with E-state index in [2.05, 4.69) is 5.32 Å². The average Bonchev–Trinajstić information content (AvgIpc) is 2.76. The quantitative estimate of drug-likeness (QED) is 0.557. The van der Waals surface area contributed by atoms with Crippen molar-refractivity contribution in [3.63, 3.8) is 0 Å². The van der Waals surface area contributed by atoms with Crippen molar-refractivity contribution in [3.05, 3.63) is 34.2 Å². The van der Waals surface area contributed by atoms with Crippen molar-refractivity contribution in [3.8, 4) is 0 Å². The highest BCUT2D eigenvalue weighted by Gasteiger charge is 2.36. The van der Waals surface area contributed by atoms with Crippen molar-refractivity contribution < 1.29 is 19.2 Å². The predicted molar refractivity (Wildman–Crippen MR) is 111 cm³/mol. The number of carbonyl (C=O) groups excluding carboxylic acids is 2. The van der Waals surface area contributed by atoms with Gasteiger partial charge in [0, 0.05) is 63.1 Å². The van der Waals surface area contributed by atoms with Crippen LogP contribution in [0.25, 0.3) is 0 Å². The molecule has 4 rings (SSSR count). The van der Waals surface area contributed by atoms with Gasteiger partial charge < -0.3 is 24.4 Å². The summed E-state index contributed by atoms with van der Waals surface area (Å²) in [5.41, 5.74) is 1.09. The van der Waals surface area contributed by atoms with Gasteiger partial charge in [-0.05, 0) is 18.4 Å². The maximum absolute atomic E-state index is 12.7. The number of likely N-dealkylation sites (tertiary alicyclic amines) is 1. The van der Waals surface area contributed by atoms with Crippen LogP contribution in [0.15, 0.2) is 23.0 Å². The highest BCUT2D eigenvalue weighted by Crippen LogP contribution is 2.35. The monoisotopic (exact) mass is 417 g/mol. The molecule has 2 saturated heterocycles. The Morgan fingerprint density at radius 1 is 1.13 bits per heavy atom. The third kappa shape index (κ3) is 5.10. The Kier molecular flexibility index (Phi) is 6.84. The maximum Gasteiger partial charge on any atom is 0.250 e. The highest BCUT2D eigenvalue weighted by molar-refractivity contribution is 5.83. The second kappa shape index (κ2) is 9.75. The van der Waals surface area contributed by atoms with Gasteiger partial charge >= 0.3 is 0 Å². The van der Waals surface area contributed by atoms with E-state index in [1.54, 1.807) is 12.1 Å². The highest BCUT2D eigenvalue weighted by atomic mass is 16.5. The van der Waals surface area contributed by atoms with Crippen LogP contribution in [0.5, 0.6) is 0 Å². The van der Waals surface area contributed by atoms with Crippen LogP contribution in [0.1, 0.15) is 37.3 Å². The van der Waals surface area contributed by atoms with Gasteiger partial charge in [-0.15, -0.1) is 0 Å². The van der Waals surface area contributed by atoms with Crippen LogP contribution >= 0.6 is 0 Å². The molecule has 2 bridgehead atoms. The summed E-state index contributed by atoms with van der Waals surface area (Å²) in [6, 6.07) is 5.41. The van der Waals surface area contributed by atoms with Gasteiger partial charge in [0.25, 0.3) is 5.56 Å². The van der Waals surface area contributed by atoms with Gasteiger partial charge in [0.2, 0.25) is 11.8 Å². The molecule has 0 aromatic carbocycles. The molecule has 30 heavy (non-hydrogen) atoms. The number of nitrogens with zero attached hydrogens (tertiary/aromatic N) is 2. The lowest BCUT2D eigenvalue weighted by Gasteiger charge is -2.42. The Morgan fingerprint density at radius 2 is 1.97 bits per heavy atom. The lowest BCUT2D eigenvalue weighted by atomic mass is 9.83. The summed E-state index contributed by atoms with van der Waals surface area (Å²) in [4.78, 5) is 40.4. The van der Waals surface area contributed by atoms with Crippen LogP contribution in [-0.4, -0.2) is 73.8 Å². The molecule has 0 unspecified atom stereocenters. The molecular formula is C22H33N4O4+. The number of nitrogens with one attached hydrogen (secondary N) is 2. The van der Waals surface area contributed by atoms with Crippen molar-refractivity contribution in [1.29, 1.82) is 0 Å². The average molecular weight is 418 g/mol. The summed E-state index contributed by atoms with van der Waals surface area (Å²) in [7, 11) is 0. The number of rotatable bonds is 7. The minimum atomic E-state index is -0.0468. The third-order valence-electron chi connectivity index (χ3n) is 6.63. The topological polar surface area (TPSA) is 85.1 Å². The van der Waals surface area contributed by atoms with Crippen molar-refractivity contribution in [2.24, 2.45) is 5.92 Å². The summed E-state index contributed by atoms with van der Waals surface area (Å²) < 4.78 is 7.22. The van der Waals surface area contributed by atoms with Crippen LogP contribution in [0.2, 0.25) is 0 Å². The summed E-state index contributed by atoms with van der Waals surface area (Å²) in [6.07, 6.45) is 2.47. The smallest absolute Gasteiger partial charge is 0.250 e. The summed E-state index contributed by atoms with van der Waals surface area (Å²) in [5.74, 6) is 0.530. The van der Waals surface area contributed by atoms with Crippen LogP contribution < -0.4 is 15.8 Å². The molecule has 4 heterocycles. The van der Waals surface area contributed by atoms with E-state index in [4.69, 9.17) is 4.74 Å². The molecule has 0 spiro atoms. The van der Waals surface area contributed by atoms with Crippen molar-refractivity contribution in [1.82, 2.24) is 14.8 Å². The van der Waals surface area contributed by atoms with E-state index in [0.29, 0.717) is 32.1 Å². The Hall–Kier alpha value is -2.19. The number of piperidine rings is 1. The Labute approximate surface area is 177 Å². The maximum atomic E-state index is 12.7. The molecule has 2 fully saturated rings. The molecule has 164 valence electrons. The van der Waals surface area contributed by atoms with E-state index in [-0.39, 0.29) is 36.1 Å². The van der Waals surface area contributed by atoms with Crippen LogP contribution in [0.3, 0.4) is 0 Å². The first-order valence-corrected chi connectivity index (χ1v) is 11.3. The van der Waals surface area contributed by atoms with Crippen LogP contribution in [0.4, 0.5) is 0 Å². The molecule has 8 nitrogen and oxygen atoms in total. The summed E-state index contributed by atoms with van der Waals surface area (Å²) >= 11 is 0. The number of aromatic nitrogens is 1. The second-order valence-corrected chi connectivity index (χ2v) is 8.81. The van der Waals surface area contributed by atoms with Gasteiger partial charge in [0.1, 0.15) is 13.1 Å². The van der Waals surface area contributed by atoms with E-state index < -0.39 is 0 Å². The lowest BCUT2D eigenvalue weighted by molar-refractivity contribution is -0.908. The molecule has 0 saturated carbocycles. The molecule has 3 aliphatic rings. The minimum Gasteiger partial charge on any atom is -0.370 e. The standard InChI is InChI=1S/C22H32N4O4/c27-20(23-7-2-8-24-9-11-30-12-10-24)5-6-21(28)25-14-17-13-18(16-25)19-3-1-4-22(29)26(19)15-17/h1,3-4,17-18H,2,5-16H2,(H,23,27)/p+1/t17-,18-/m1/s1. The van der Waals surface area contributed by atoms with Gasteiger partial charge in [-0.25, -0.2) is 0 Å². The first-order chi connectivity index (χ1) is 14.6. The van der Waals surface area contributed by atoms with Gasteiger partial charge in [-0.3, -0.25) is 14.4 Å². The Balaban J connectivity index is 1.18. The van der Waals surface area contributed by atoms with Crippen molar-refractivity contribution in [2.45, 2.75) is 38.1 Å². The first-order valence-electron chi connectivity index (χ1n) is 11.3. The van der Waals surface area contributed by atoms with Gasteiger partial charge in [-0.2, -0.15) is 0 Å². The van der Waals surface area contributed by atoms with Crippen LogP contribution in [-0.2, 0) is 20.9 Å². The first kappa shape index (κ1) is 21.1. The normalized spacial score (nSPS) is 23.7. The molecule has 1 aromatic rings. The summed E-state index contributed by atoms with van der Waals surface area (Å²) in [5, 5.41) is 2.95. The molecule has 8 heteroatoms. The van der Waals surface area contributed by atoms with E-state index in [1.165, 1.54) is 4.90 Å². The number of fused-ring (bicyclic) bond motifs is 4. The molecular weight excluding hydrogens is 384 g/mol. The van der Waals surface area contributed by atoms with Crippen molar-refractivity contribution >= 4 is 11.8 Å². The molecule has 2 N–H and O–H groups in total. The fraction of sp³-hybridized carbons (Fsp3) is 0.682. The molecule has 0 radical (unpaired) electrons. The number of hydrogen-bond acceptors (Lipinski definition) is 4. The summed E-state index contributed by atoms with van der Waals surface area (Å²) in [6.45, 7) is 7.44. The largest absolute Gasteiger partial charge is 0.370 e. The van der Waals surface area contributed by atoms with E-state index in [0.717, 1.165) is 51.4 Å². The van der Waals surface area contributed by atoms with Gasteiger partial charge in [-0.1, -0.05) is 6.07 Å². The number of carbonyl (C=O) groups is 2. The van der Waals surface area contributed by atoms with Crippen molar-refractivity contribution in [2.75, 3.05) is 52.5 Å².